The molecule has 52 heavy (non-hydrogen) atoms. The molecule has 2 amide bonds. The third-order valence-corrected chi connectivity index (χ3v) is 11.3. The van der Waals surface area contributed by atoms with Crippen molar-refractivity contribution in [3.63, 3.8) is 0 Å². The molecule has 2 atom stereocenters. The van der Waals surface area contributed by atoms with Crippen LogP contribution < -0.4 is 9.48 Å². The molecule has 0 aliphatic heterocycles. The van der Waals surface area contributed by atoms with E-state index in [1.165, 1.54) is 12.1 Å². The molecule has 0 radical (unpaired) electrons. The van der Waals surface area contributed by atoms with E-state index in [1.807, 2.05) is 30.3 Å². The maximum atomic E-state index is 15.4. The first-order chi connectivity index (χ1) is 24.5. The number of para-hydroxylation sites is 2. The number of aromatic nitrogens is 2. The van der Waals surface area contributed by atoms with E-state index in [2.05, 4.69) is 9.97 Å². The lowest BCUT2D eigenvalue weighted by Crippen LogP contribution is -2.67. The smallest absolute Gasteiger partial charge is 0.289 e. The Bertz CT molecular complexity index is 2280. The molecular formula is C38H42N5O7S2+. The van der Waals surface area contributed by atoms with Gasteiger partial charge in [-0.25, -0.2) is 13.9 Å². The van der Waals surface area contributed by atoms with Crippen molar-refractivity contribution in [1.82, 2.24) is 23.9 Å². The van der Waals surface area contributed by atoms with Crippen molar-refractivity contribution in [2.24, 2.45) is 17.3 Å². The number of benzene rings is 3. The Kier molecular flexibility index (Phi) is 11.0. The molecule has 0 aliphatic carbocycles. The molecule has 272 valence electrons. The van der Waals surface area contributed by atoms with Gasteiger partial charge in [0.1, 0.15) is 0 Å². The first-order valence-corrected chi connectivity index (χ1v) is 20.2. The van der Waals surface area contributed by atoms with Crippen molar-refractivity contribution in [3.05, 3.63) is 115 Å². The minimum absolute atomic E-state index is 0.0742. The second-order valence-electron chi connectivity index (χ2n) is 13.9. The standard InChI is InChI=1S/C38H41N5O7S2/c1-38(2,3)26-31(30(36(44)41-46)19-13-16-27-14-7-6-8-15-27)37(45)42(51(4,47)48)43(52(5,49)50,34-24-22-28-17-9-11-20-32(28)39-34)35-25-23-29-18-10-12-21-33(29)40-35/h6-18,20-25,30-31H,19,26H2,1-5H3,(H-,41,44,46)/p+1/t30-,31-/m0/s1. The molecule has 2 heterocycles. The molecule has 12 nitrogen and oxygen atoms in total. The molecule has 0 aliphatic rings. The van der Waals surface area contributed by atoms with Crippen LogP contribution in [0.1, 0.15) is 39.2 Å². The van der Waals surface area contributed by atoms with E-state index in [1.54, 1.807) is 99.1 Å². The summed E-state index contributed by atoms with van der Waals surface area (Å²) in [7, 11) is -9.66. The van der Waals surface area contributed by atoms with Gasteiger partial charge in [-0.1, -0.05) is 99.7 Å². The zero-order valence-electron chi connectivity index (χ0n) is 29.5. The monoisotopic (exact) mass is 744 g/mol. The van der Waals surface area contributed by atoms with E-state index in [9.17, 15) is 26.8 Å². The number of fused-ring (bicyclic) bond motifs is 2. The van der Waals surface area contributed by atoms with Crippen molar-refractivity contribution in [2.45, 2.75) is 33.6 Å². The molecule has 0 fully saturated rings. The van der Waals surface area contributed by atoms with Crippen LogP contribution in [0, 0.1) is 17.3 Å². The normalized spacial score (nSPS) is 14.0. The summed E-state index contributed by atoms with van der Waals surface area (Å²) >= 11 is 0. The second kappa shape index (κ2) is 14.9. The molecule has 2 N–H and O–H groups in total. The number of quaternary nitrogens is 1. The van der Waals surface area contributed by atoms with Crippen LogP contribution in [0.25, 0.3) is 27.9 Å². The molecule has 5 aromatic rings. The number of pyridine rings is 2. The van der Waals surface area contributed by atoms with Gasteiger partial charge in [-0.2, -0.15) is 18.4 Å². The zero-order chi connectivity index (χ0) is 37.9. The quantitative estimate of drug-likeness (QED) is 0.0841. The Morgan fingerprint density at radius 2 is 1.27 bits per heavy atom. The van der Waals surface area contributed by atoms with Crippen molar-refractivity contribution < 1.29 is 31.6 Å². The van der Waals surface area contributed by atoms with Crippen molar-refractivity contribution in [1.29, 1.82) is 0 Å². The Hall–Kier alpha value is -5.02. The highest BCUT2D eigenvalue weighted by Crippen LogP contribution is 2.44. The number of nitrogens with one attached hydrogen (secondary N) is 1. The van der Waals surface area contributed by atoms with Gasteiger partial charge in [-0.3, -0.25) is 14.8 Å². The molecule has 0 saturated carbocycles. The number of carbonyl (C=O) groups excluding carboxylic acids is 2. The molecule has 2 aromatic heterocycles. The summed E-state index contributed by atoms with van der Waals surface area (Å²) in [4.78, 5) is 38.2. The third kappa shape index (κ3) is 7.89. The van der Waals surface area contributed by atoms with E-state index in [4.69, 9.17) is 0 Å². The number of nitrogens with zero attached hydrogens (tertiary/aromatic N) is 4. The topological polar surface area (TPSA) is 164 Å². The van der Waals surface area contributed by atoms with Crippen LogP contribution in [-0.4, -0.2) is 60.8 Å². The fraction of sp³-hybridized carbons (Fsp3) is 0.263. The maximum absolute atomic E-state index is 15.4. The first kappa shape index (κ1) is 38.2. The fourth-order valence-electron chi connectivity index (χ4n) is 6.39. The van der Waals surface area contributed by atoms with Gasteiger partial charge >= 0.3 is 10.0 Å². The number of allylic oxidation sites excluding steroid dienone is 1. The highest BCUT2D eigenvalue weighted by atomic mass is 32.2. The third-order valence-electron chi connectivity index (χ3n) is 8.61. The van der Waals surface area contributed by atoms with Gasteiger partial charge in [0, 0.05) is 22.9 Å². The summed E-state index contributed by atoms with van der Waals surface area (Å²) in [6.07, 6.45) is 4.75. The van der Waals surface area contributed by atoms with Crippen molar-refractivity contribution in [3.8, 4) is 0 Å². The van der Waals surface area contributed by atoms with Crippen LogP contribution >= 0.6 is 0 Å². The number of rotatable bonds is 12. The average molecular weight is 745 g/mol. The van der Waals surface area contributed by atoms with Crippen LogP contribution in [0.15, 0.2) is 109 Å². The van der Waals surface area contributed by atoms with E-state index >= 15 is 4.79 Å². The summed E-state index contributed by atoms with van der Waals surface area (Å²) in [5, 5.41) is 11.2. The lowest BCUT2D eigenvalue weighted by atomic mass is 9.76. The Morgan fingerprint density at radius 3 is 1.73 bits per heavy atom. The van der Waals surface area contributed by atoms with Gasteiger partial charge in [0.2, 0.25) is 5.91 Å². The summed E-state index contributed by atoms with van der Waals surface area (Å²) in [5.41, 5.74) is 2.43. The van der Waals surface area contributed by atoms with Crippen LogP contribution in [0.3, 0.4) is 0 Å². The van der Waals surface area contributed by atoms with E-state index in [0.29, 0.717) is 21.8 Å². The molecule has 14 heteroatoms. The molecular weight excluding hydrogens is 703 g/mol. The predicted octanol–water partition coefficient (Wildman–Crippen LogP) is 6.36. The number of sulfonamides is 2. The van der Waals surface area contributed by atoms with Gasteiger partial charge in [0.05, 0.1) is 35.4 Å². The van der Waals surface area contributed by atoms with Gasteiger partial charge in [-0.15, -0.1) is 0 Å². The van der Waals surface area contributed by atoms with Crippen LogP contribution in [-0.2, 0) is 29.6 Å². The molecule has 5 rings (SSSR count). The van der Waals surface area contributed by atoms with Gasteiger partial charge in [-0.05, 0) is 56.5 Å². The van der Waals surface area contributed by atoms with Gasteiger partial charge < -0.3 is 0 Å². The minimum Gasteiger partial charge on any atom is -0.289 e. The lowest BCUT2D eigenvalue weighted by Gasteiger charge is -2.41. The predicted molar refractivity (Wildman–Crippen MR) is 203 cm³/mol. The van der Waals surface area contributed by atoms with E-state index in [0.717, 1.165) is 18.1 Å². The lowest BCUT2D eigenvalue weighted by molar-refractivity contribution is -0.146. The van der Waals surface area contributed by atoms with Crippen LogP contribution in [0.5, 0.6) is 0 Å². The molecule has 0 unspecified atom stereocenters. The number of hydrogen-bond acceptors (Lipinski definition) is 9. The number of hydroxylamine groups is 1. The van der Waals surface area contributed by atoms with Crippen molar-refractivity contribution >= 4 is 71.4 Å². The summed E-state index contributed by atoms with van der Waals surface area (Å²) in [6.45, 7) is 5.42. The number of amides is 2. The van der Waals surface area contributed by atoms with Crippen molar-refractivity contribution in [2.75, 3.05) is 12.5 Å². The Labute approximate surface area is 304 Å². The Balaban J connectivity index is 1.84. The Morgan fingerprint density at radius 1 is 0.769 bits per heavy atom. The molecule has 0 spiro atoms. The average Bonchev–Trinajstić information content (AvgIpc) is 3.09. The summed E-state index contributed by atoms with van der Waals surface area (Å²) in [5.74, 6) is -5.64. The summed E-state index contributed by atoms with van der Waals surface area (Å²) < 4.78 is 56.3. The summed E-state index contributed by atoms with van der Waals surface area (Å²) in [6, 6.07) is 28.8. The van der Waals surface area contributed by atoms with Crippen LogP contribution in [0.2, 0.25) is 0 Å². The van der Waals surface area contributed by atoms with Crippen LogP contribution in [0.4, 0.5) is 11.6 Å². The maximum Gasteiger partial charge on any atom is 0.330 e. The molecule has 0 bridgehead atoms. The molecule has 3 aromatic carbocycles. The SMILES string of the molecule is CC(C)(C)C[C@H](C(=O)N([N+](c1ccc2ccccc2n1)(c1ccc2ccccc2n1)S(C)(=O)=O)S(C)(=O)=O)[C@H](CC=Cc1ccccc1)C(=O)NO. The first-order valence-electron chi connectivity index (χ1n) is 16.5. The van der Waals surface area contributed by atoms with Gasteiger partial charge in [0.25, 0.3) is 27.6 Å². The highest BCUT2D eigenvalue weighted by Gasteiger charge is 2.61. The second-order valence-corrected chi connectivity index (χ2v) is 17.7. The minimum atomic E-state index is -4.85. The van der Waals surface area contributed by atoms with E-state index in [-0.39, 0.29) is 28.9 Å². The zero-order valence-corrected chi connectivity index (χ0v) is 31.2. The molecule has 0 saturated heterocycles. The fourth-order valence-corrected chi connectivity index (χ4v) is 9.40. The number of hydrogen-bond donors (Lipinski definition) is 2. The van der Waals surface area contributed by atoms with E-state index < -0.39 is 53.1 Å². The highest BCUT2D eigenvalue weighted by molar-refractivity contribution is 7.93. The van der Waals surface area contributed by atoms with Gasteiger partial charge in [0.15, 0.2) is 0 Å². The largest absolute Gasteiger partial charge is 0.330 e. The number of carbonyl (C=O) groups is 2.